The highest BCUT2D eigenvalue weighted by atomic mass is 16.2. The van der Waals surface area contributed by atoms with Crippen molar-refractivity contribution >= 4 is 22.7 Å². The Morgan fingerprint density at radius 1 is 1.18 bits per heavy atom. The highest BCUT2D eigenvalue weighted by Gasteiger charge is 2.18. The van der Waals surface area contributed by atoms with Crippen LogP contribution in [-0.4, -0.2) is 24.4 Å². The van der Waals surface area contributed by atoms with Crippen LogP contribution in [0.15, 0.2) is 33.9 Å². The molecular formula is C15H16N4O3. The Bertz CT molecular complexity index is 994. The number of nitrogens with zero attached hydrogens (tertiary/aromatic N) is 4. The molecule has 0 fully saturated rings. The van der Waals surface area contributed by atoms with Crippen LogP contribution in [0, 0.1) is 0 Å². The fourth-order valence-electron chi connectivity index (χ4n) is 2.61. The Balaban J connectivity index is 2.50. The molecule has 1 aromatic carbocycles. The lowest BCUT2D eigenvalue weighted by Gasteiger charge is -2.04. The molecule has 0 spiro atoms. The largest absolute Gasteiger partial charge is 0.354 e. The Hall–Kier alpha value is -2.70. The number of fused-ring (bicyclic) bond motifs is 3. The molecule has 0 saturated heterocycles. The average molecular weight is 300 g/mol. The Kier molecular flexibility index (Phi) is 3.40. The van der Waals surface area contributed by atoms with Crippen molar-refractivity contribution in [2.75, 3.05) is 0 Å². The molecule has 0 radical (unpaired) electrons. The van der Waals surface area contributed by atoms with E-state index in [0.29, 0.717) is 24.0 Å². The minimum atomic E-state index is -0.622. The third-order valence-electron chi connectivity index (χ3n) is 3.66. The number of carbonyl (C=O) groups excluding carboxylic acids is 1. The fourth-order valence-corrected chi connectivity index (χ4v) is 2.61. The molecule has 0 atom stereocenters. The first-order chi connectivity index (χ1) is 10.6. The zero-order valence-electron chi connectivity index (χ0n) is 12.4. The Morgan fingerprint density at radius 3 is 2.50 bits per heavy atom. The van der Waals surface area contributed by atoms with Crippen molar-refractivity contribution in [3.05, 3.63) is 45.2 Å². The number of carbonyl (C=O) groups is 1. The molecular weight excluding hydrogens is 284 g/mol. The van der Waals surface area contributed by atoms with E-state index < -0.39 is 11.4 Å². The van der Waals surface area contributed by atoms with E-state index in [-0.39, 0.29) is 11.7 Å². The second kappa shape index (κ2) is 5.25. The molecule has 22 heavy (non-hydrogen) atoms. The van der Waals surface area contributed by atoms with E-state index in [0.717, 1.165) is 11.0 Å². The minimum Gasteiger partial charge on any atom is -0.274 e. The van der Waals surface area contributed by atoms with E-state index >= 15 is 0 Å². The number of aromatic nitrogens is 4. The van der Waals surface area contributed by atoms with Gasteiger partial charge in [-0.2, -0.15) is 4.98 Å². The first kappa shape index (κ1) is 14.2. The van der Waals surface area contributed by atoms with Crippen LogP contribution < -0.4 is 11.4 Å². The molecule has 2 aromatic heterocycles. The third kappa shape index (κ3) is 1.97. The van der Waals surface area contributed by atoms with Gasteiger partial charge in [-0.15, -0.1) is 0 Å². The van der Waals surface area contributed by atoms with Crippen LogP contribution in [0.25, 0.3) is 16.8 Å². The summed E-state index contributed by atoms with van der Waals surface area (Å²) in [6, 6.07) is 7.01. The van der Waals surface area contributed by atoms with Crippen molar-refractivity contribution in [2.24, 2.45) is 0 Å². The Morgan fingerprint density at radius 2 is 1.86 bits per heavy atom. The second-order valence-corrected chi connectivity index (χ2v) is 5.16. The molecule has 0 saturated carbocycles. The lowest BCUT2D eigenvalue weighted by Crippen LogP contribution is -2.39. The van der Waals surface area contributed by atoms with Gasteiger partial charge in [0, 0.05) is 13.5 Å². The molecule has 0 unspecified atom stereocenters. The predicted molar refractivity (Wildman–Crippen MR) is 82.4 cm³/mol. The van der Waals surface area contributed by atoms with Crippen LogP contribution in [0.4, 0.5) is 0 Å². The number of unbranched alkanes of at least 4 members (excludes halogenated alkanes) is 1. The molecule has 7 heteroatoms. The van der Waals surface area contributed by atoms with Crippen LogP contribution >= 0.6 is 0 Å². The van der Waals surface area contributed by atoms with Crippen molar-refractivity contribution in [3.63, 3.8) is 0 Å². The first-order valence-electron chi connectivity index (χ1n) is 7.20. The molecule has 0 amide bonds. The summed E-state index contributed by atoms with van der Waals surface area (Å²) in [5.41, 5.74) is 0.0473. The van der Waals surface area contributed by atoms with Gasteiger partial charge < -0.3 is 0 Å². The minimum absolute atomic E-state index is 0.0662. The maximum Gasteiger partial charge on any atom is 0.354 e. The molecule has 7 nitrogen and oxygen atoms in total. The lowest BCUT2D eigenvalue weighted by atomic mass is 10.3. The summed E-state index contributed by atoms with van der Waals surface area (Å²) >= 11 is 0. The van der Waals surface area contributed by atoms with Crippen molar-refractivity contribution < 1.29 is 4.79 Å². The standard InChI is InChI=1S/C15H16N4O3/c1-3-4-9-17-14(21)16-13-18(10(2)20)11-7-5-6-8-12(11)19(13)15(17)22/h5-8H,3-4,9H2,1-2H3. The van der Waals surface area contributed by atoms with Crippen LogP contribution in [0.2, 0.25) is 0 Å². The van der Waals surface area contributed by atoms with Crippen molar-refractivity contribution in [1.29, 1.82) is 0 Å². The summed E-state index contributed by atoms with van der Waals surface area (Å²) in [5, 5.41) is 0. The molecule has 3 rings (SSSR count). The van der Waals surface area contributed by atoms with Gasteiger partial charge in [0.15, 0.2) is 0 Å². The smallest absolute Gasteiger partial charge is 0.274 e. The summed E-state index contributed by atoms with van der Waals surface area (Å²) in [6.45, 7) is 3.68. The molecule has 2 heterocycles. The topological polar surface area (TPSA) is 78.4 Å². The van der Waals surface area contributed by atoms with Gasteiger partial charge in [-0.05, 0) is 18.6 Å². The zero-order chi connectivity index (χ0) is 15.9. The quantitative estimate of drug-likeness (QED) is 0.729. The van der Waals surface area contributed by atoms with Gasteiger partial charge in [0.05, 0.1) is 11.0 Å². The zero-order valence-corrected chi connectivity index (χ0v) is 12.4. The molecule has 0 N–H and O–H groups in total. The summed E-state index contributed by atoms with van der Waals surface area (Å²) in [5.74, 6) is -0.229. The van der Waals surface area contributed by atoms with Crippen molar-refractivity contribution in [2.45, 2.75) is 33.2 Å². The van der Waals surface area contributed by atoms with Gasteiger partial charge in [-0.25, -0.2) is 23.1 Å². The van der Waals surface area contributed by atoms with Crippen LogP contribution in [0.1, 0.15) is 31.5 Å². The molecule has 0 aliphatic rings. The average Bonchev–Trinajstić information content (AvgIpc) is 2.81. The van der Waals surface area contributed by atoms with Gasteiger partial charge in [0.1, 0.15) is 0 Å². The second-order valence-electron chi connectivity index (χ2n) is 5.16. The summed E-state index contributed by atoms with van der Waals surface area (Å²) in [4.78, 5) is 40.7. The molecule has 0 aliphatic heterocycles. The van der Waals surface area contributed by atoms with E-state index in [1.165, 1.54) is 15.9 Å². The number of para-hydroxylation sites is 2. The molecule has 0 bridgehead atoms. The van der Waals surface area contributed by atoms with E-state index in [1.54, 1.807) is 24.3 Å². The maximum atomic E-state index is 12.7. The number of rotatable bonds is 3. The van der Waals surface area contributed by atoms with E-state index in [1.807, 2.05) is 6.92 Å². The number of imidazole rings is 1. The van der Waals surface area contributed by atoms with Crippen molar-refractivity contribution in [1.82, 2.24) is 18.5 Å². The van der Waals surface area contributed by atoms with Crippen molar-refractivity contribution in [3.8, 4) is 0 Å². The highest BCUT2D eigenvalue weighted by Crippen LogP contribution is 2.17. The lowest BCUT2D eigenvalue weighted by molar-refractivity contribution is 0.0945. The van der Waals surface area contributed by atoms with E-state index in [2.05, 4.69) is 4.98 Å². The van der Waals surface area contributed by atoms with Crippen LogP contribution in [0.5, 0.6) is 0 Å². The third-order valence-corrected chi connectivity index (χ3v) is 3.66. The van der Waals surface area contributed by atoms with Gasteiger partial charge in [-0.1, -0.05) is 25.5 Å². The van der Waals surface area contributed by atoms with Gasteiger partial charge in [-0.3, -0.25) is 4.79 Å². The summed E-state index contributed by atoms with van der Waals surface area (Å²) in [7, 11) is 0. The fraction of sp³-hybridized carbons (Fsp3) is 0.333. The van der Waals surface area contributed by atoms with Gasteiger partial charge in [0.2, 0.25) is 11.7 Å². The number of hydrogen-bond acceptors (Lipinski definition) is 4. The maximum absolute atomic E-state index is 12.7. The van der Waals surface area contributed by atoms with E-state index in [9.17, 15) is 14.4 Å². The SMILES string of the molecule is CCCCn1c(=O)nc2n(C(C)=O)c3ccccc3n2c1=O. The molecule has 0 aliphatic carbocycles. The monoisotopic (exact) mass is 300 g/mol. The predicted octanol–water partition coefficient (Wildman–Crippen LogP) is 1.27. The normalized spacial score (nSPS) is 11.4. The van der Waals surface area contributed by atoms with Crippen LogP contribution in [0.3, 0.4) is 0 Å². The summed E-state index contributed by atoms with van der Waals surface area (Å²) in [6.07, 6.45) is 1.58. The highest BCUT2D eigenvalue weighted by molar-refractivity contribution is 5.93. The van der Waals surface area contributed by atoms with E-state index in [4.69, 9.17) is 0 Å². The van der Waals surface area contributed by atoms with Gasteiger partial charge >= 0.3 is 11.4 Å². The number of benzene rings is 1. The Labute approximate surface area is 125 Å². The first-order valence-corrected chi connectivity index (χ1v) is 7.20. The van der Waals surface area contributed by atoms with Crippen LogP contribution in [-0.2, 0) is 6.54 Å². The molecule has 114 valence electrons. The van der Waals surface area contributed by atoms with Gasteiger partial charge in [0.25, 0.3) is 0 Å². The summed E-state index contributed by atoms with van der Waals surface area (Å²) < 4.78 is 3.74. The molecule has 3 aromatic rings. The number of hydrogen-bond donors (Lipinski definition) is 0.